The number of nitrogens with zero attached hydrogens (tertiary/aromatic N) is 1. The van der Waals surface area contributed by atoms with E-state index in [9.17, 15) is 4.79 Å². The van der Waals surface area contributed by atoms with Gasteiger partial charge in [0.15, 0.2) is 6.54 Å². The maximum Gasteiger partial charge on any atom is 0.275 e. The molecule has 1 aliphatic heterocycles. The van der Waals surface area contributed by atoms with Crippen LogP contribution in [0, 0.1) is 6.92 Å². The van der Waals surface area contributed by atoms with Gasteiger partial charge in [0.25, 0.3) is 5.91 Å². The topological polar surface area (TPSA) is 36.8 Å². The lowest BCUT2D eigenvalue weighted by Gasteiger charge is -2.34. The Labute approximate surface area is 160 Å². The Balaban J connectivity index is 1.49. The van der Waals surface area contributed by atoms with Crippen LogP contribution in [0.3, 0.4) is 0 Å². The molecule has 0 saturated carbocycles. The highest BCUT2D eigenvalue weighted by molar-refractivity contribution is 6.30. The number of hydrogen-bond donors (Lipinski definition) is 2. The van der Waals surface area contributed by atoms with E-state index < -0.39 is 0 Å². The van der Waals surface area contributed by atoms with Gasteiger partial charge >= 0.3 is 0 Å². The quantitative estimate of drug-likeness (QED) is 0.844. The van der Waals surface area contributed by atoms with Crippen LogP contribution in [0.2, 0.25) is 5.02 Å². The fourth-order valence-corrected chi connectivity index (χ4v) is 3.67. The molecular weight excluding hydrogens is 346 g/mol. The van der Waals surface area contributed by atoms with Crippen molar-refractivity contribution in [3.63, 3.8) is 0 Å². The van der Waals surface area contributed by atoms with Gasteiger partial charge in [0.2, 0.25) is 0 Å². The molecule has 2 aromatic rings. The average Bonchev–Trinajstić information content (AvgIpc) is 2.65. The summed E-state index contributed by atoms with van der Waals surface area (Å²) in [5.74, 6) is 0.115. The van der Waals surface area contributed by atoms with Gasteiger partial charge in [-0.25, -0.2) is 0 Å². The first kappa shape index (κ1) is 18.7. The number of piperazine rings is 1. The van der Waals surface area contributed by atoms with Crippen molar-refractivity contribution in [3.8, 4) is 0 Å². The minimum absolute atomic E-state index is 0.0403. The zero-order valence-corrected chi connectivity index (χ0v) is 16.2. The van der Waals surface area contributed by atoms with Crippen LogP contribution < -0.4 is 15.1 Å². The Kier molecular flexibility index (Phi) is 6.17. The normalized spacial score (nSPS) is 16.3. The molecule has 1 aliphatic rings. The van der Waals surface area contributed by atoms with Crippen molar-refractivity contribution < 1.29 is 9.69 Å². The van der Waals surface area contributed by atoms with Crippen LogP contribution in [0.4, 0.5) is 5.69 Å². The second-order valence-electron chi connectivity index (χ2n) is 7.04. The van der Waals surface area contributed by atoms with Crippen LogP contribution >= 0.6 is 11.6 Å². The van der Waals surface area contributed by atoms with Gasteiger partial charge in [-0.05, 0) is 37.1 Å². The zero-order chi connectivity index (χ0) is 18.5. The van der Waals surface area contributed by atoms with E-state index in [1.54, 1.807) is 0 Å². The zero-order valence-electron chi connectivity index (χ0n) is 15.5. The number of quaternary nitrogens is 1. The Morgan fingerprint density at radius 3 is 2.58 bits per heavy atom. The molecule has 0 unspecified atom stereocenters. The Hall–Kier alpha value is -2.04. The molecule has 4 nitrogen and oxygen atoms in total. The lowest BCUT2D eigenvalue weighted by molar-refractivity contribution is -0.892. The monoisotopic (exact) mass is 372 g/mol. The van der Waals surface area contributed by atoms with Crippen molar-refractivity contribution in [3.05, 3.63) is 64.7 Å². The summed E-state index contributed by atoms with van der Waals surface area (Å²) >= 11 is 6.15. The van der Waals surface area contributed by atoms with Gasteiger partial charge < -0.3 is 15.1 Å². The van der Waals surface area contributed by atoms with Gasteiger partial charge in [-0.1, -0.05) is 48.0 Å². The van der Waals surface area contributed by atoms with E-state index in [1.807, 2.05) is 49.4 Å². The fraction of sp³-hybridized carbons (Fsp3) is 0.381. The van der Waals surface area contributed by atoms with E-state index in [-0.39, 0.29) is 11.9 Å². The summed E-state index contributed by atoms with van der Waals surface area (Å²) in [5.41, 5.74) is 3.59. The molecule has 0 aromatic heterocycles. The van der Waals surface area contributed by atoms with Crippen LogP contribution in [0.25, 0.3) is 0 Å². The third-order valence-electron chi connectivity index (χ3n) is 5.07. The number of carbonyl (C=O) groups excluding carboxylic acids is 1. The van der Waals surface area contributed by atoms with Crippen LogP contribution in [0.5, 0.6) is 0 Å². The second kappa shape index (κ2) is 8.56. The van der Waals surface area contributed by atoms with Crippen molar-refractivity contribution in [2.45, 2.75) is 19.9 Å². The van der Waals surface area contributed by atoms with E-state index >= 15 is 0 Å². The Bertz CT molecular complexity index is 742. The fourth-order valence-electron chi connectivity index (χ4n) is 3.51. The number of anilines is 1. The lowest BCUT2D eigenvalue weighted by atomic mass is 10.1. The maximum atomic E-state index is 12.4. The highest BCUT2D eigenvalue weighted by Crippen LogP contribution is 2.24. The Morgan fingerprint density at radius 2 is 1.88 bits per heavy atom. The van der Waals surface area contributed by atoms with Crippen LogP contribution in [-0.2, 0) is 4.79 Å². The summed E-state index contributed by atoms with van der Waals surface area (Å²) < 4.78 is 0. The number of aryl methyl sites for hydroxylation is 1. The largest absolute Gasteiger partial charge is 0.360 e. The summed E-state index contributed by atoms with van der Waals surface area (Å²) in [6, 6.07) is 16.2. The minimum Gasteiger partial charge on any atom is -0.360 e. The molecule has 0 aliphatic carbocycles. The lowest BCUT2D eigenvalue weighted by Crippen LogP contribution is -3.16. The van der Waals surface area contributed by atoms with Crippen molar-refractivity contribution in [2.75, 3.05) is 37.6 Å². The molecule has 0 radical (unpaired) electrons. The third kappa shape index (κ3) is 4.77. The predicted octanol–water partition coefficient (Wildman–Crippen LogP) is 2.23. The van der Waals surface area contributed by atoms with Crippen LogP contribution in [0.1, 0.15) is 24.1 Å². The SMILES string of the molecule is Cc1ccc(Cl)cc1N1CC[NH+](CC(=O)N[C@@H](C)c2ccccc2)CC1. The highest BCUT2D eigenvalue weighted by atomic mass is 35.5. The number of benzene rings is 2. The van der Waals surface area contributed by atoms with E-state index in [1.165, 1.54) is 16.2 Å². The molecule has 2 N–H and O–H groups in total. The standard InChI is InChI=1S/C21H26ClN3O/c1-16-8-9-19(22)14-20(16)25-12-10-24(11-13-25)15-21(26)23-17(2)18-6-4-3-5-7-18/h3-9,14,17H,10-13,15H2,1-2H3,(H,23,26)/p+1/t17-/m0/s1. The van der Waals surface area contributed by atoms with Gasteiger partial charge in [-0.3, -0.25) is 4.79 Å². The van der Waals surface area contributed by atoms with Crippen molar-refractivity contribution >= 4 is 23.2 Å². The van der Waals surface area contributed by atoms with Gasteiger partial charge in [0, 0.05) is 10.7 Å². The minimum atomic E-state index is 0.0403. The predicted molar refractivity (Wildman–Crippen MR) is 107 cm³/mol. The average molecular weight is 373 g/mol. The summed E-state index contributed by atoms with van der Waals surface area (Å²) in [6.45, 7) is 8.47. The third-order valence-corrected chi connectivity index (χ3v) is 5.31. The Morgan fingerprint density at radius 1 is 1.19 bits per heavy atom. The highest BCUT2D eigenvalue weighted by Gasteiger charge is 2.23. The molecule has 1 amide bonds. The molecule has 1 atom stereocenters. The first-order valence-corrected chi connectivity index (χ1v) is 9.59. The molecule has 1 heterocycles. The van der Waals surface area contributed by atoms with Crippen molar-refractivity contribution in [1.29, 1.82) is 0 Å². The van der Waals surface area contributed by atoms with Gasteiger partial charge in [0.1, 0.15) is 0 Å². The summed E-state index contributed by atoms with van der Waals surface area (Å²) in [7, 11) is 0. The maximum absolute atomic E-state index is 12.4. The second-order valence-corrected chi connectivity index (χ2v) is 7.48. The molecule has 26 heavy (non-hydrogen) atoms. The molecule has 138 valence electrons. The van der Waals surface area contributed by atoms with Crippen LogP contribution in [-0.4, -0.2) is 38.6 Å². The summed E-state index contributed by atoms with van der Waals surface area (Å²) in [5, 5.41) is 3.88. The van der Waals surface area contributed by atoms with E-state index in [2.05, 4.69) is 23.2 Å². The number of rotatable bonds is 5. The van der Waals surface area contributed by atoms with E-state index in [4.69, 9.17) is 11.6 Å². The van der Waals surface area contributed by atoms with Gasteiger partial charge in [-0.2, -0.15) is 0 Å². The molecule has 0 bridgehead atoms. The van der Waals surface area contributed by atoms with Crippen LogP contribution in [0.15, 0.2) is 48.5 Å². The van der Waals surface area contributed by atoms with E-state index in [0.29, 0.717) is 6.54 Å². The number of amides is 1. The number of hydrogen-bond acceptors (Lipinski definition) is 2. The molecule has 0 spiro atoms. The van der Waals surface area contributed by atoms with Gasteiger partial charge in [-0.15, -0.1) is 0 Å². The molecular formula is C21H27ClN3O+. The first-order valence-electron chi connectivity index (χ1n) is 9.22. The molecule has 1 saturated heterocycles. The molecule has 3 rings (SSSR count). The number of carbonyl (C=O) groups is 1. The number of nitrogens with one attached hydrogen (secondary N) is 2. The molecule has 2 aromatic carbocycles. The molecule has 5 heteroatoms. The first-order chi connectivity index (χ1) is 12.5. The smallest absolute Gasteiger partial charge is 0.275 e. The van der Waals surface area contributed by atoms with Crippen molar-refractivity contribution in [1.82, 2.24) is 5.32 Å². The van der Waals surface area contributed by atoms with Crippen molar-refractivity contribution in [2.24, 2.45) is 0 Å². The summed E-state index contributed by atoms with van der Waals surface area (Å²) in [4.78, 5) is 16.1. The number of halogens is 1. The summed E-state index contributed by atoms with van der Waals surface area (Å²) in [6.07, 6.45) is 0. The molecule has 1 fully saturated rings. The van der Waals surface area contributed by atoms with E-state index in [0.717, 1.165) is 36.8 Å². The van der Waals surface area contributed by atoms with Gasteiger partial charge in [0.05, 0.1) is 32.2 Å².